The van der Waals surface area contributed by atoms with E-state index in [4.69, 9.17) is 11.6 Å². The number of halogens is 2. The highest BCUT2D eigenvalue weighted by Gasteiger charge is 2.03. The molecule has 0 saturated carbocycles. The Morgan fingerprint density at radius 3 is 2.45 bits per heavy atom. The summed E-state index contributed by atoms with van der Waals surface area (Å²) in [6.07, 6.45) is 1.14. The number of anilines is 1. The lowest BCUT2D eigenvalue weighted by molar-refractivity contribution is 0.627. The molecule has 0 fully saturated rings. The standard InChI is InChI=1S/C17H19ClFN/c1-3-12(2)14-5-7-15(8-6-14)20-11-13-4-9-17(19)16(18)10-13/h4-10,12,20H,3,11H2,1-2H3. The van der Waals surface area contributed by atoms with Gasteiger partial charge in [-0.3, -0.25) is 0 Å². The maximum Gasteiger partial charge on any atom is 0.141 e. The molecule has 0 aliphatic rings. The quantitative estimate of drug-likeness (QED) is 0.755. The van der Waals surface area contributed by atoms with Gasteiger partial charge >= 0.3 is 0 Å². The monoisotopic (exact) mass is 291 g/mol. The van der Waals surface area contributed by atoms with Crippen molar-refractivity contribution in [3.05, 3.63) is 64.4 Å². The van der Waals surface area contributed by atoms with Crippen LogP contribution in [-0.2, 0) is 6.54 Å². The van der Waals surface area contributed by atoms with Crippen LogP contribution in [0.5, 0.6) is 0 Å². The predicted octanol–water partition coefficient (Wildman–Crippen LogP) is 5.60. The summed E-state index contributed by atoms with van der Waals surface area (Å²) >= 11 is 5.76. The molecule has 3 heteroatoms. The van der Waals surface area contributed by atoms with Crippen molar-refractivity contribution in [3.63, 3.8) is 0 Å². The van der Waals surface area contributed by atoms with Crippen LogP contribution in [0.1, 0.15) is 37.3 Å². The van der Waals surface area contributed by atoms with Crippen LogP contribution in [-0.4, -0.2) is 0 Å². The third-order valence-corrected chi connectivity index (χ3v) is 3.86. The minimum atomic E-state index is -0.381. The fourth-order valence-electron chi connectivity index (χ4n) is 2.02. The van der Waals surface area contributed by atoms with Crippen LogP contribution in [0.2, 0.25) is 5.02 Å². The molecular weight excluding hydrogens is 273 g/mol. The van der Waals surface area contributed by atoms with Crippen molar-refractivity contribution in [1.29, 1.82) is 0 Å². The van der Waals surface area contributed by atoms with Crippen LogP contribution in [0.4, 0.5) is 10.1 Å². The van der Waals surface area contributed by atoms with Gasteiger partial charge in [0.1, 0.15) is 5.82 Å². The molecule has 0 aliphatic heterocycles. The summed E-state index contributed by atoms with van der Waals surface area (Å²) in [6.45, 7) is 5.04. The second kappa shape index (κ2) is 6.76. The molecule has 0 heterocycles. The van der Waals surface area contributed by atoms with Crippen LogP contribution in [0.3, 0.4) is 0 Å². The summed E-state index contributed by atoms with van der Waals surface area (Å²) in [4.78, 5) is 0. The van der Waals surface area contributed by atoms with Crippen molar-refractivity contribution >= 4 is 17.3 Å². The zero-order chi connectivity index (χ0) is 14.5. The van der Waals surface area contributed by atoms with Gasteiger partial charge in [0, 0.05) is 12.2 Å². The summed E-state index contributed by atoms with van der Waals surface area (Å²) in [5.74, 6) is 0.202. The maximum absolute atomic E-state index is 13.1. The lowest BCUT2D eigenvalue weighted by Gasteiger charge is -2.11. The van der Waals surface area contributed by atoms with Gasteiger partial charge in [-0.05, 0) is 47.7 Å². The molecule has 0 aromatic heterocycles. The normalized spacial score (nSPS) is 12.2. The average Bonchev–Trinajstić information content (AvgIpc) is 2.48. The molecule has 0 amide bonds. The smallest absolute Gasteiger partial charge is 0.141 e. The van der Waals surface area contributed by atoms with Crippen LogP contribution in [0.15, 0.2) is 42.5 Å². The summed E-state index contributed by atoms with van der Waals surface area (Å²) in [7, 11) is 0. The van der Waals surface area contributed by atoms with E-state index in [1.54, 1.807) is 12.1 Å². The van der Waals surface area contributed by atoms with E-state index in [2.05, 4.69) is 43.4 Å². The van der Waals surface area contributed by atoms with E-state index in [0.29, 0.717) is 12.5 Å². The van der Waals surface area contributed by atoms with Gasteiger partial charge in [-0.25, -0.2) is 4.39 Å². The van der Waals surface area contributed by atoms with Gasteiger partial charge in [0.25, 0.3) is 0 Å². The summed E-state index contributed by atoms with van der Waals surface area (Å²) < 4.78 is 13.1. The highest BCUT2D eigenvalue weighted by atomic mass is 35.5. The zero-order valence-corrected chi connectivity index (χ0v) is 12.5. The van der Waals surface area contributed by atoms with Crippen LogP contribution in [0.25, 0.3) is 0 Å². The van der Waals surface area contributed by atoms with E-state index in [9.17, 15) is 4.39 Å². The first-order valence-corrected chi connectivity index (χ1v) is 7.25. The fraction of sp³-hybridized carbons (Fsp3) is 0.294. The zero-order valence-electron chi connectivity index (χ0n) is 11.8. The molecular formula is C17H19ClFN. The van der Waals surface area contributed by atoms with E-state index < -0.39 is 0 Å². The Morgan fingerprint density at radius 1 is 1.15 bits per heavy atom. The number of hydrogen-bond donors (Lipinski definition) is 1. The van der Waals surface area contributed by atoms with E-state index in [1.807, 2.05) is 0 Å². The molecule has 1 atom stereocenters. The first kappa shape index (κ1) is 14.9. The van der Waals surface area contributed by atoms with E-state index >= 15 is 0 Å². The summed E-state index contributed by atoms with van der Waals surface area (Å²) in [5, 5.41) is 3.47. The molecule has 0 bridgehead atoms. The van der Waals surface area contributed by atoms with Crippen LogP contribution in [0, 0.1) is 5.82 Å². The molecule has 106 valence electrons. The topological polar surface area (TPSA) is 12.0 Å². The van der Waals surface area contributed by atoms with Crippen molar-refractivity contribution in [3.8, 4) is 0 Å². The van der Waals surface area contributed by atoms with Gasteiger partial charge < -0.3 is 5.32 Å². The number of rotatable bonds is 5. The lowest BCUT2D eigenvalue weighted by atomic mass is 9.99. The third kappa shape index (κ3) is 3.73. The molecule has 20 heavy (non-hydrogen) atoms. The van der Waals surface area contributed by atoms with Crippen LogP contribution >= 0.6 is 11.6 Å². The first-order valence-electron chi connectivity index (χ1n) is 6.88. The Labute approximate surface area is 124 Å². The minimum absolute atomic E-state index is 0.163. The van der Waals surface area contributed by atoms with Crippen molar-refractivity contribution in [2.24, 2.45) is 0 Å². The van der Waals surface area contributed by atoms with E-state index in [-0.39, 0.29) is 10.8 Å². The van der Waals surface area contributed by atoms with Crippen LogP contribution < -0.4 is 5.32 Å². The Balaban J connectivity index is 1.98. The van der Waals surface area contributed by atoms with Gasteiger partial charge in [-0.1, -0.05) is 43.6 Å². The Bertz CT molecular complexity index is 566. The molecule has 0 saturated heterocycles. The van der Waals surface area contributed by atoms with Gasteiger partial charge in [0.2, 0.25) is 0 Å². The molecule has 1 N–H and O–H groups in total. The number of benzene rings is 2. The summed E-state index contributed by atoms with van der Waals surface area (Å²) in [5.41, 5.74) is 3.36. The van der Waals surface area contributed by atoms with Gasteiger partial charge in [0.05, 0.1) is 5.02 Å². The predicted molar refractivity (Wildman–Crippen MR) is 83.9 cm³/mol. The molecule has 1 nitrogen and oxygen atoms in total. The van der Waals surface area contributed by atoms with Crippen molar-refractivity contribution in [1.82, 2.24) is 0 Å². The van der Waals surface area contributed by atoms with Crippen molar-refractivity contribution < 1.29 is 4.39 Å². The van der Waals surface area contributed by atoms with E-state index in [0.717, 1.165) is 17.7 Å². The maximum atomic E-state index is 13.1. The Kier molecular flexibility index (Phi) is 5.02. The first-order chi connectivity index (χ1) is 9.60. The SMILES string of the molecule is CCC(C)c1ccc(NCc2ccc(F)c(Cl)c2)cc1. The molecule has 2 rings (SSSR count). The van der Waals surface area contributed by atoms with Crippen molar-refractivity contribution in [2.45, 2.75) is 32.7 Å². The molecule has 2 aromatic rings. The highest BCUT2D eigenvalue weighted by Crippen LogP contribution is 2.21. The molecule has 2 aromatic carbocycles. The summed E-state index contributed by atoms with van der Waals surface area (Å²) in [6, 6.07) is 13.2. The molecule has 0 radical (unpaired) electrons. The van der Waals surface area contributed by atoms with Gasteiger partial charge in [-0.2, -0.15) is 0 Å². The van der Waals surface area contributed by atoms with E-state index in [1.165, 1.54) is 11.6 Å². The second-order valence-electron chi connectivity index (χ2n) is 5.03. The van der Waals surface area contributed by atoms with Gasteiger partial charge in [-0.15, -0.1) is 0 Å². The Morgan fingerprint density at radius 2 is 1.85 bits per heavy atom. The lowest BCUT2D eigenvalue weighted by Crippen LogP contribution is -2.00. The number of nitrogens with one attached hydrogen (secondary N) is 1. The molecule has 1 unspecified atom stereocenters. The third-order valence-electron chi connectivity index (χ3n) is 3.57. The molecule has 0 aliphatic carbocycles. The van der Waals surface area contributed by atoms with Crippen molar-refractivity contribution in [2.75, 3.05) is 5.32 Å². The van der Waals surface area contributed by atoms with Gasteiger partial charge in [0.15, 0.2) is 0 Å². The fourth-order valence-corrected chi connectivity index (χ4v) is 2.22. The number of hydrogen-bond acceptors (Lipinski definition) is 1. The molecule has 0 spiro atoms. The minimum Gasteiger partial charge on any atom is -0.381 e. The average molecular weight is 292 g/mol. The Hall–Kier alpha value is -1.54. The second-order valence-corrected chi connectivity index (χ2v) is 5.44. The highest BCUT2D eigenvalue weighted by molar-refractivity contribution is 6.30. The largest absolute Gasteiger partial charge is 0.381 e.